The van der Waals surface area contributed by atoms with Gasteiger partial charge in [0.15, 0.2) is 0 Å². The summed E-state index contributed by atoms with van der Waals surface area (Å²) in [5.41, 5.74) is 0. The SMILES string of the molecule is CC.CC(C)=O.CO. The lowest BCUT2D eigenvalue weighted by Crippen LogP contribution is -1.69. The lowest BCUT2D eigenvalue weighted by Gasteiger charge is -1.56. The number of carbonyl (C=O) groups is 1. The second-order valence-corrected chi connectivity index (χ2v) is 0.908. The summed E-state index contributed by atoms with van der Waals surface area (Å²) in [7, 11) is 1.00. The number of aliphatic hydroxyl groups excluding tert-OH is 1. The molecular formula is C6H16O2. The third kappa shape index (κ3) is 882. The molecule has 2 heteroatoms. The van der Waals surface area contributed by atoms with E-state index in [-0.39, 0.29) is 5.78 Å². The summed E-state index contributed by atoms with van der Waals surface area (Å²) in [6, 6.07) is 0. The molecule has 0 radical (unpaired) electrons. The van der Waals surface area contributed by atoms with Crippen molar-refractivity contribution in [3.63, 3.8) is 0 Å². The van der Waals surface area contributed by atoms with Crippen molar-refractivity contribution in [3.8, 4) is 0 Å². The van der Waals surface area contributed by atoms with E-state index >= 15 is 0 Å². The monoisotopic (exact) mass is 120 g/mol. The van der Waals surface area contributed by atoms with Crippen LogP contribution in [0.25, 0.3) is 0 Å². The van der Waals surface area contributed by atoms with Crippen molar-refractivity contribution in [2.24, 2.45) is 0 Å². The highest BCUT2D eigenvalue weighted by molar-refractivity contribution is 5.72. The maximum Gasteiger partial charge on any atom is 0.126 e. The summed E-state index contributed by atoms with van der Waals surface area (Å²) in [6.07, 6.45) is 0. The van der Waals surface area contributed by atoms with Gasteiger partial charge in [-0.2, -0.15) is 0 Å². The molecule has 0 rings (SSSR count). The Balaban J connectivity index is -0.0000000542. The third-order valence-corrected chi connectivity index (χ3v) is 0. The van der Waals surface area contributed by atoms with Crippen molar-refractivity contribution < 1.29 is 9.90 Å². The van der Waals surface area contributed by atoms with Crippen LogP contribution in [0.2, 0.25) is 0 Å². The summed E-state index contributed by atoms with van der Waals surface area (Å²) >= 11 is 0. The van der Waals surface area contributed by atoms with Crippen LogP contribution in [0.15, 0.2) is 0 Å². The molecule has 0 aliphatic carbocycles. The highest BCUT2D eigenvalue weighted by atomic mass is 16.2. The van der Waals surface area contributed by atoms with Gasteiger partial charge in [0.2, 0.25) is 0 Å². The van der Waals surface area contributed by atoms with Gasteiger partial charge >= 0.3 is 0 Å². The minimum absolute atomic E-state index is 0.167. The average molecular weight is 120 g/mol. The molecule has 0 fully saturated rings. The molecule has 0 aromatic heterocycles. The van der Waals surface area contributed by atoms with E-state index in [9.17, 15) is 4.79 Å². The van der Waals surface area contributed by atoms with Gasteiger partial charge in [-0.25, -0.2) is 0 Å². The van der Waals surface area contributed by atoms with Crippen molar-refractivity contribution in [1.29, 1.82) is 0 Å². The fourth-order valence-electron chi connectivity index (χ4n) is 0. The first-order valence-electron chi connectivity index (χ1n) is 2.65. The molecule has 52 valence electrons. The van der Waals surface area contributed by atoms with Gasteiger partial charge in [0.05, 0.1) is 0 Å². The van der Waals surface area contributed by atoms with E-state index in [1.165, 1.54) is 13.8 Å². The Morgan fingerprint density at radius 3 is 1.12 bits per heavy atom. The Bertz CT molecular complexity index is 29.5. The molecule has 0 aromatic rings. The zero-order chi connectivity index (χ0) is 7.58. The smallest absolute Gasteiger partial charge is 0.126 e. The number of Topliss-reactive ketones (excluding diaryl/α,β-unsaturated/α-hetero) is 1. The molecule has 0 saturated carbocycles. The molecule has 0 heterocycles. The second-order valence-electron chi connectivity index (χ2n) is 0.908. The Hall–Kier alpha value is -0.370. The number of carbonyl (C=O) groups excluding carboxylic acids is 1. The van der Waals surface area contributed by atoms with Gasteiger partial charge in [-0.1, -0.05) is 13.8 Å². The fraction of sp³-hybridized carbons (Fsp3) is 0.833. The average Bonchev–Trinajstić information content (AvgIpc) is 1.75. The summed E-state index contributed by atoms with van der Waals surface area (Å²) in [5.74, 6) is 0.167. The molecular weight excluding hydrogens is 104 g/mol. The van der Waals surface area contributed by atoms with Gasteiger partial charge in [0.1, 0.15) is 5.78 Å². The highest BCUT2D eigenvalue weighted by Crippen LogP contribution is 1.50. The molecule has 0 spiro atoms. The third-order valence-electron chi connectivity index (χ3n) is 0. The Morgan fingerprint density at radius 1 is 1.12 bits per heavy atom. The van der Waals surface area contributed by atoms with Crippen molar-refractivity contribution >= 4 is 5.78 Å². The first kappa shape index (κ1) is 15.6. The van der Waals surface area contributed by atoms with E-state index in [0.717, 1.165) is 7.11 Å². The van der Waals surface area contributed by atoms with Crippen molar-refractivity contribution in [2.45, 2.75) is 27.7 Å². The molecule has 0 bridgehead atoms. The predicted octanol–water partition coefficient (Wildman–Crippen LogP) is 1.23. The summed E-state index contributed by atoms with van der Waals surface area (Å²) in [4.78, 5) is 9.44. The number of rotatable bonds is 0. The van der Waals surface area contributed by atoms with Crippen LogP contribution in [-0.4, -0.2) is 18.0 Å². The van der Waals surface area contributed by atoms with Crippen LogP contribution >= 0.6 is 0 Å². The molecule has 1 N–H and O–H groups in total. The normalized spacial score (nSPS) is 4.75. The van der Waals surface area contributed by atoms with E-state index in [1.807, 2.05) is 13.8 Å². The van der Waals surface area contributed by atoms with Crippen molar-refractivity contribution in [2.75, 3.05) is 7.11 Å². The number of hydrogen-bond acceptors (Lipinski definition) is 2. The minimum atomic E-state index is 0.167. The molecule has 0 aliphatic rings. The Labute approximate surface area is 51.5 Å². The number of aliphatic hydroxyl groups is 1. The highest BCUT2D eigenvalue weighted by Gasteiger charge is 1.62. The fourth-order valence-corrected chi connectivity index (χ4v) is 0. The van der Waals surface area contributed by atoms with E-state index < -0.39 is 0 Å². The van der Waals surface area contributed by atoms with Crippen LogP contribution in [-0.2, 0) is 4.79 Å². The van der Waals surface area contributed by atoms with Gasteiger partial charge in [0, 0.05) is 7.11 Å². The van der Waals surface area contributed by atoms with Gasteiger partial charge in [-0.15, -0.1) is 0 Å². The number of ketones is 1. The van der Waals surface area contributed by atoms with Crippen LogP contribution in [0.3, 0.4) is 0 Å². The van der Waals surface area contributed by atoms with Crippen molar-refractivity contribution in [1.82, 2.24) is 0 Å². The summed E-state index contributed by atoms with van der Waals surface area (Å²) in [5, 5.41) is 7.00. The molecule has 2 nitrogen and oxygen atoms in total. The Kier molecular flexibility index (Phi) is 59.4. The summed E-state index contributed by atoms with van der Waals surface area (Å²) in [6.45, 7) is 7.06. The quantitative estimate of drug-likeness (QED) is 0.522. The standard InChI is InChI=1S/C3H6O.C2H6.CH4O/c1-3(2)4;2*1-2/h1-2H3;1-2H3;2H,1H3. The predicted molar refractivity (Wildman–Crippen MR) is 35.8 cm³/mol. The van der Waals surface area contributed by atoms with Crippen LogP contribution in [0.4, 0.5) is 0 Å². The molecule has 0 saturated heterocycles. The van der Waals surface area contributed by atoms with E-state index in [2.05, 4.69) is 0 Å². The van der Waals surface area contributed by atoms with Crippen molar-refractivity contribution in [3.05, 3.63) is 0 Å². The van der Waals surface area contributed by atoms with E-state index in [1.54, 1.807) is 0 Å². The molecule has 0 amide bonds. The van der Waals surface area contributed by atoms with Gasteiger partial charge in [-0.05, 0) is 13.8 Å². The van der Waals surface area contributed by atoms with Gasteiger partial charge in [-0.3, -0.25) is 0 Å². The molecule has 0 aromatic carbocycles. The van der Waals surface area contributed by atoms with Crippen LogP contribution in [0.5, 0.6) is 0 Å². The van der Waals surface area contributed by atoms with Gasteiger partial charge < -0.3 is 9.90 Å². The first-order chi connectivity index (χ1) is 3.73. The largest absolute Gasteiger partial charge is 0.400 e. The zero-order valence-electron chi connectivity index (χ0n) is 6.36. The van der Waals surface area contributed by atoms with E-state index in [4.69, 9.17) is 5.11 Å². The summed E-state index contributed by atoms with van der Waals surface area (Å²) < 4.78 is 0. The minimum Gasteiger partial charge on any atom is -0.400 e. The van der Waals surface area contributed by atoms with E-state index in [0.29, 0.717) is 0 Å². The van der Waals surface area contributed by atoms with Gasteiger partial charge in [0.25, 0.3) is 0 Å². The second kappa shape index (κ2) is 30.4. The lowest BCUT2D eigenvalue weighted by atomic mass is 10.6. The maximum atomic E-state index is 9.44. The van der Waals surface area contributed by atoms with Crippen LogP contribution < -0.4 is 0 Å². The molecule has 0 aliphatic heterocycles. The zero-order valence-corrected chi connectivity index (χ0v) is 6.36. The topological polar surface area (TPSA) is 37.3 Å². The van der Waals surface area contributed by atoms with Crippen LogP contribution in [0, 0.1) is 0 Å². The Morgan fingerprint density at radius 2 is 1.12 bits per heavy atom. The number of hydrogen-bond donors (Lipinski definition) is 1. The lowest BCUT2D eigenvalue weighted by molar-refractivity contribution is -0.114. The first-order valence-corrected chi connectivity index (χ1v) is 2.65. The molecule has 0 atom stereocenters. The van der Waals surface area contributed by atoms with Crippen LogP contribution in [0.1, 0.15) is 27.7 Å². The molecule has 8 heavy (non-hydrogen) atoms. The molecule has 0 unspecified atom stereocenters. The maximum absolute atomic E-state index is 9.44.